The molecule has 0 spiro atoms. The molecule has 0 radical (unpaired) electrons. The molecule has 5 nitrogen and oxygen atoms in total. The summed E-state index contributed by atoms with van der Waals surface area (Å²) in [5.74, 6) is 0.961. The first kappa shape index (κ1) is 16.8. The minimum Gasteiger partial charge on any atom is -0.493 e. The van der Waals surface area contributed by atoms with Crippen molar-refractivity contribution in [1.82, 2.24) is 0 Å². The molecule has 6 heteroatoms. The Hall–Kier alpha value is -2.52. The van der Waals surface area contributed by atoms with Gasteiger partial charge in [0.05, 0.1) is 32.3 Å². The Morgan fingerprint density at radius 1 is 1.22 bits per heavy atom. The molecule has 0 fully saturated rings. The Balaban J connectivity index is 2.15. The Labute approximate surface area is 143 Å². The molecule has 1 amide bonds. The fourth-order valence-corrected chi connectivity index (χ4v) is 2.54. The molecule has 2 aromatic rings. The van der Waals surface area contributed by atoms with Crippen LogP contribution in [0, 0.1) is 11.3 Å². The number of nitriles is 1. The van der Waals surface area contributed by atoms with Crippen molar-refractivity contribution in [2.24, 2.45) is 0 Å². The molecule has 2 aromatic carbocycles. The first-order valence-corrected chi connectivity index (χ1v) is 7.57. The van der Waals surface area contributed by atoms with Crippen molar-refractivity contribution >= 4 is 27.5 Å². The van der Waals surface area contributed by atoms with E-state index < -0.39 is 0 Å². The summed E-state index contributed by atoms with van der Waals surface area (Å²) in [4.78, 5) is 12.2. The average Bonchev–Trinajstić information content (AvgIpc) is 2.56. The van der Waals surface area contributed by atoms with Gasteiger partial charge in [0.2, 0.25) is 5.91 Å². The van der Waals surface area contributed by atoms with Gasteiger partial charge in [0.15, 0.2) is 11.5 Å². The van der Waals surface area contributed by atoms with Crippen molar-refractivity contribution in [3.05, 3.63) is 52.0 Å². The maximum absolute atomic E-state index is 12.2. The van der Waals surface area contributed by atoms with E-state index in [1.54, 1.807) is 50.6 Å². The van der Waals surface area contributed by atoms with Crippen molar-refractivity contribution in [2.45, 2.75) is 6.42 Å². The van der Waals surface area contributed by atoms with Gasteiger partial charge in [0.1, 0.15) is 0 Å². The van der Waals surface area contributed by atoms with Gasteiger partial charge in [0, 0.05) is 10.2 Å². The molecule has 23 heavy (non-hydrogen) atoms. The van der Waals surface area contributed by atoms with Crippen LogP contribution in [0.2, 0.25) is 0 Å². The minimum atomic E-state index is -0.187. The predicted octanol–water partition coefficient (Wildman–Crippen LogP) is 3.52. The lowest BCUT2D eigenvalue weighted by Crippen LogP contribution is -2.15. The number of hydrogen-bond acceptors (Lipinski definition) is 4. The van der Waals surface area contributed by atoms with E-state index in [-0.39, 0.29) is 12.3 Å². The van der Waals surface area contributed by atoms with Crippen molar-refractivity contribution in [3.8, 4) is 17.6 Å². The lowest BCUT2D eigenvalue weighted by molar-refractivity contribution is -0.115. The molecule has 118 valence electrons. The topological polar surface area (TPSA) is 71.3 Å². The van der Waals surface area contributed by atoms with Gasteiger partial charge >= 0.3 is 0 Å². The molecule has 0 aliphatic heterocycles. The van der Waals surface area contributed by atoms with Crippen molar-refractivity contribution in [2.75, 3.05) is 19.5 Å². The number of benzene rings is 2. The summed E-state index contributed by atoms with van der Waals surface area (Å²) in [6.07, 6.45) is 0.164. The highest BCUT2D eigenvalue weighted by Gasteiger charge is 2.13. The number of hydrogen-bond donors (Lipinski definition) is 1. The largest absolute Gasteiger partial charge is 0.493 e. The number of nitrogens with one attached hydrogen (secondary N) is 1. The molecule has 0 aliphatic carbocycles. The third-order valence-corrected chi connectivity index (χ3v) is 3.92. The van der Waals surface area contributed by atoms with Crippen LogP contribution in [-0.2, 0) is 11.2 Å². The predicted molar refractivity (Wildman–Crippen MR) is 90.7 cm³/mol. The highest BCUT2D eigenvalue weighted by molar-refractivity contribution is 9.10. The standard InChI is InChI=1S/C17H15BrN2O3/c1-22-15-7-12(14(18)9-16(15)23-2)8-17(21)20-13-5-3-4-11(6-13)10-19/h3-7,9H,8H2,1-2H3,(H,20,21). The SMILES string of the molecule is COc1cc(Br)c(CC(=O)Nc2cccc(C#N)c2)cc1OC. The Kier molecular flexibility index (Phi) is 5.61. The summed E-state index contributed by atoms with van der Waals surface area (Å²) in [6.45, 7) is 0. The lowest BCUT2D eigenvalue weighted by Gasteiger charge is -2.12. The van der Waals surface area contributed by atoms with Gasteiger partial charge in [-0.1, -0.05) is 22.0 Å². The number of methoxy groups -OCH3 is 2. The quantitative estimate of drug-likeness (QED) is 0.868. The van der Waals surface area contributed by atoms with Gasteiger partial charge in [0.25, 0.3) is 0 Å². The molecular formula is C17H15BrN2O3. The molecule has 0 unspecified atom stereocenters. The van der Waals surface area contributed by atoms with E-state index in [2.05, 4.69) is 21.2 Å². The van der Waals surface area contributed by atoms with Crippen LogP contribution in [-0.4, -0.2) is 20.1 Å². The fourth-order valence-electron chi connectivity index (χ4n) is 2.08. The van der Waals surface area contributed by atoms with Crippen molar-refractivity contribution in [1.29, 1.82) is 5.26 Å². The van der Waals surface area contributed by atoms with Gasteiger partial charge in [-0.25, -0.2) is 0 Å². The van der Waals surface area contributed by atoms with Crippen LogP contribution in [0.4, 0.5) is 5.69 Å². The zero-order chi connectivity index (χ0) is 16.8. The zero-order valence-corrected chi connectivity index (χ0v) is 14.3. The maximum Gasteiger partial charge on any atom is 0.228 e. The number of carbonyl (C=O) groups is 1. The van der Waals surface area contributed by atoms with Crippen molar-refractivity contribution < 1.29 is 14.3 Å². The van der Waals surface area contributed by atoms with Gasteiger partial charge in [-0.2, -0.15) is 5.26 Å². The molecule has 1 N–H and O–H groups in total. The van der Waals surface area contributed by atoms with E-state index in [1.165, 1.54) is 0 Å². The second-order valence-corrected chi connectivity index (χ2v) is 5.57. The molecule has 2 rings (SSSR count). The highest BCUT2D eigenvalue weighted by Crippen LogP contribution is 2.33. The average molecular weight is 375 g/mol. The summed E-state index contributed by atoms with van der Waals surface area (Å²) in [6, 6.07) is 12.3. The van der Waals surface area contributed by atoms with E-state index in [9.17, 15) is 4.79 Å². The van der Waals surface area contributed by atoms with E-state index >= 15 is 0 Å². The molecule has 0 saturated carbocycles. The molecule has 0 heterocycles. The van der Waals surface area contributed by atoms with Crippen LogP contribution in [0.5, 0.6) is 11.5 Å². The number of carbonyl (C=O) groups excluding carboxylic acids is 1. The fraction of sp³-hybridized carbons (Fsp3) is 0.176. The normalized spacial score (nSPS) is 9.83. The number of rotatable bonds is 5. The molecule has 0 aromatic heterocycles. The summed E-state index contributed by atoms with van der Waals surface area (Å²) < 4.78 is 11.2. The van der Waals surface area contributed by atoms with Crippen LogP contribution in [0.1, 0.15) is 11.1 Å². The maximum atomic E-state index is 12.2. The first-order valence-electron chi connectivity index (χ1n) is 6.77. The van der Waals surface area contributed by atoms with Gasteiger partial charge in [-0.05, 0) is 35.9 Å². The molecule has 0 saturated heterocycles. The lowest BCUT2D eigenvalue weighted by atomic mass is 10.1. The van der Waals surface area contributed by atoms with E-state index in [1.807, 2.05) is 6.07 Å². The second kappa shape index (κ2) is 7.65. The number of halogens is 1. The smallest absolute Gasteiger partial charge is 0.228 e. The number of nitrogens with zero attached hydrogens (tertiary/aromatic N) is 1. The Bertz CT molecular complexity index is 769. The molecular weight excluding hydrogens is 360 g/mol. The van der Waals surface area contributed by atoms with Crippen LogP contribution in [0.25, 0.3) is 0 Å². The number of amides is 1. The number of anilines is 1. The van der Waals surface area contributed by atoms with Crippen LogP contribution in [0.15, 0.2) is 40.9 Å². The summed E-state index contributed by atoms with van der Waals surface area (Å²) >= 11 is 3.43. The molecule has 0 aliphatic rings. The van der Waals surface area contributed by atoms with Crippen molar-refractivity contribution in [3.63, 3.8) is 0 Å². The zero-order valence-electron chi connectivity index (χ0n) is 12.7. The minimum absolute atomic E-state index is 0.164. The highest BCUT2D eigenvalue weighted by atomic mass is 79.9. The summed E-state index contributed by atoms with van der Waals surface area (Å²) in [7, 11) is 3.10. The van der Waals surface area contributed by atoms with Crippen LogP contribution < -0.4 is 14.8 Å². The van der Waals surface area contributed by atoms with Gasteiger partial charge in [-0.3, -0.25) is 4.79 Å². The van der Waals surface area contributed by atoms with Gasteiger partial charge < -0.3 is 14.8 Å². The third-order valence-electron chi connectivity index (χ3n) is 3.18. The first-order chi connectivity index (χ1) is 11.1. The van der Waals surface area contributed by atoms with Crippen LogP contribution in [0.3, 0.4) is 0 Å². The third kappa shape index (κ3) is 4.24. The Morgan fingerprint density at radius 3 is 2.57 bits per heavy atom. The number of ether oxygens (including phenoxy) is 2. The van der Waals surface area contributed by atoms with Gasteiger partial charge in [-0.15, -0.1) is 0 Å². The molecule has 0 atom stereocenters. The summed E-state index contributed by atoms with van der Waals surface area (Å²) in [5.41, 5.74) is 1.86. The van der Waals surface area contributed by atoms with E-state index in [4.69, 9.17) is 14.7 Å². The van der Waals surface area contributed by atoms with E-state index in [0.29, 0.717) is 22.7 Å². The Morgan fingerprint density at radius 2 is 1.91 bits per heavy atom. The van der Waals surface area contributed by atoms with Crippen LogP contribution >= 0.6 is 15.9 Å². The second-order valence-electron chi connectivity index (χ2n) is 4.72. The molecule has 0 bridgehead atoms. The summed E-state index contributed by atoms with van der Waals surface area (Å²) in [5, 5.41) is 11.7. The monoisotopic (exact) mass is 374 g/mol. The van der Waals surface area contributed by atoms with E-state index in [0.717, 1.165) is 10.0 Å².